The van der Waals surface area contributed by atoms with E-state index in [0.29, 0.717) is 6.41 Å². The van der Waals surface area contributed by atoms with Crippen LogP contribution >= 0.6 is 0 Å². The molecule has 0 N–H and O–H groups in total. The summed E-state index contributed by atoms with van der Waals surface area (Å²) in [5.74, 6) is -0.0342. The third-order valence-corrected chi connectivity index (χ3v) is 4.87. The molecule has 4 nitrogen and oxygen atoms in total. The molecule has 3 aromatic rings. The summed E-state index contributed by atoms with van der Waals surface area (Å²) in [6.45, 7) is 5.84. The molecule has 0 bridgehead atoms. The van der Waals surface area contributed by atoms with Crippen molar-refractivity contribution in [3.05, 3.63) is 77.9 Å². The quantitative estimate of drug-likeness (QED) is 0.507. The van der Waals surface area contributed by atoms with Crippen LogP contribution in [-0.2, 0) is 11.0 Å². The minimum absolute atomic E-state index is 0.0342. The molecule has 1 heterocycles. The number of halogens is 3. The first-order valence-electron chi connectivity index (χ1n) is 9.22. The van der Waals surface area contributed by atoms with Crippen molar-refractivity contribution >= 4 is 12.1 Å². The molecule has 0 aliphatic rings. The predicted octanol–water partition coefficient (Wildman–Crippen LogP) is 5.56. The lowest BCUT2D eigenvalue weighted by Crippen LogP contribution is -2.31. The number of nitrogens with zero attached hydrogens (tertiary/aromatic N) is 3. The van der Waals surface area contributed by atoms with E-state index in [9.17, 15) is 18.0 Å². The van der Waals surface area contributed by atoms with Crippen LogP contribution in [0.4, 0.5) is 18.9 Å². The second-order valence-corrected chi connectivity index (χ2v) is 7.27. The van der Waals surface area contributed by atoms with Gasteiger partial charge in [0, 0.05) is 23.8 Å². The summed E-state index contributed by atoms with van der Waals surface area (Å²) in [4.78, 5) is 17.4. The van der Waals surface area contributed by atoms with Crippen LogP contribution in [0.25, 0.3) is 5.69 Å². The maximum Gasteiger partial charge on any atom is 0.416 e. The number of carbonyl (C=O) groups excluding carboxylic acids is 1. The Morgan fingerprint density at radius 1 is 1.14 bits per heavy atom. The summed E-state index contributed by atoms with van der Waals surface area (Å²) in [6.07, 6.45) is 1.29. The number of carbonyl (C=O) groups is 1. The summed E-state index contributed by atoms with van der Waals surface area (Å²) in [5, 5.41) is 0. The Hall–Kier alpha value is -3.09. The van der Waals surface area contributed by atoms with Crippen LogP contribution in [0.1, 0.15) is 36.6 Å². The molecular formula is C22H22F3N3O. The van der Waals surface area contributed by atoms with Crippen LogP contribution < -0.4 is 4.90 Å². The minimum atomic E-state index is -4.48. The SMILES string of the molecule is Cc1ccc([C@H](C(C)C)N(C=O)c2cccc(C(F)(F)F)c2)cc1-n1ccnc1. The van der Waals surface area contributed by atoms with Crippen LogP contribution in [0.5, 0.6) is 0 Å². The van der Waals surface area contributed by atoms with Gasteiger partial charge in [-0.05, 0) is 48.2 Å². The van der Waals surface area contributed by atoms with E-state index in [2.05, 4.69) is 4.98 Å². The first-order valence-corrected chi connectivity index (χ1v) is 9.22. The maximum absolute atomic E-state index is 13.2. The van der Waals surface area contributed by atoms with E-state index in [4.69, 9.17) is 0 Å². The molecule has 29 heavy (non-hydrogen) atoms. The van der Waals surface area contributed by atoms with Gasteiger partial charge in [0.05, 0.1) is 17.9 Å². The summed E-state index contributed by atoms with van der Waals surface area (Å²) in [7, 11) is 0. The second kappa shape index (κ2) is 8.11. The highest BCUT2D eigenvalue weighted by molar-refractivity contribution is 5.77. The van der Waals surface area contributed by atoms with Gasteiger partial charge in [0.1, 0.15) is 0 Å². The van der Waals surface area contributed by atoms with Crippen molar-refractivity contribution in [1.29, 1.82) is 0 Å². The lowest BCUT2D eigenvalue weighted by Gasteiger charge is -2.32. The number of imidazole rings is 1. The van der Waals surface area contributed by atoms with Crippen molar-refractivity contribution in [3.63, 3.8) is 0 Å². The van der Waals surface area contributed by atoms with Crippen LogP contribution in [-0.4, -0.2) is 16.0 Å². The van der Waals surface area contributed by atoms with E-state index in [-0.39, 0.29) is 11.6 Å². The van der Waals surface area contributed by atoms with Crippen LogP contribution in [0.2, 0.25) is 0 Å². The summed E-state index contributed by atoms with van der Waals surface area (Å²) >= 11 is 0. The number of rotatable bonds is 6. The number of anilines is 1. The van der Waals surface area contributed by atoms with Crippen molar-refractivity contribution in [2.45, 2.75) is 33.0 Å². The molecule has 0 aliphatic heterocycles. The Kier molecular flexibility index (Phi) is 5.77. The molecule has 152 valence electrons. The van der Waals surface area contributed by atoms with E-state index in [1.165, 1.54) is 17.0 Å². The number of alkyl halides is 3. The fraction of sp³-hybridized carbons (Fsp3) is 0.273. The standard InChI is InChI=1S/C22H22F3N3O/c1-15(2)21(17-8-7-16(3)20(11-17)27-10-9-26-13-27)28(14-29)19-6-4-5-18(12-19)22(23,24)25/h4-15,21H,1-3H3/t21-/m0/s1. The lowest BCUT2D eigenvalue weighted by molar-refractivity contribution is -0.137. The third-order valence-electron chi connectivity index (χ3n) is 4.87. The van der Waals surface area contributed by atoms with Gasteiger partial charge >= 0.3 is 6.18 Å². The highest BCUT2D eigenvalue weighted by Crippen LogP contribution is 2.36. The number of amides is 1. The van der Waals surface area contributed by atoms with Gasteiger partial charge in [-0.25, -0.2) is 4.98 Å². The molecule has 2 aromatic carbocycles. The van der Waals surface area contributed by atoms with Gasteiger partial charge in [-0.3, -0.25) is 4.79 Å². The van der Waals surface area contributed by atoms with Crippen molar-refractivity contribution < 1.29 is 18.0 Å². The zero-order chi connectivity index (χ0) is 21.2. The third kappa shape index (κ3) is 4.34. The smallest absolute Gasteiger partial charge is 0.307 e. The Morgan fingerprint density at radius 3 is 2.48 bits per heavy atom. The van der Waals surface area contributed by atoms with Gasteiger partial charge in [0.15, 0.2) is 0 Å². The topological polar surface area (TPSA) is 38.1 Å². The molecule has 0 unspecified atom stereocenters. The molecule has 0 saturated carbocycles. The average Bonchev–Trinajstić information content (AvgIpc) is 3.20. The van der Waals surface area contributed by atoms with E-state index in [1.54, 1.807) is 12.5 Å². The van der Waals surface area contributed by atoms with E-state index < -0.39 is 17.8 Å². The van der Waals surface area contributed by atoms with Crippen molar-refractivity contribution in [3.8, 4) is 5.69 Å². The van der Waals surface area contributed by atoms with E-state index in [1.807, 2.05) is 49.7 Å². The molecule has 3 rings (SSSR count). The van der Waals surface area contributed by atoms with Gasteiger partial charge in [0.25, 0.3) is 0 Å². The number of hydrogen-bond donors (Lipinski definition) is 0. The molecule has 1 atom stereocenters. The van der Waals surface area contributed by atoms with Crippen molar-refractivity contribution in [1.82, 2.24) is 9.55 Å². The van der Waals surface area contributed by atoms with Gasteiger partial charge in [-0.2, -0.15) is 13.2 Å². The highest BCUT2D eigenvalue weighted by atomic mass is 19.4. The zero-order valence-corrected chi connectivity index (χ0v) is 16.4. The molecule has 1 aromatic heterocycles. The highest BCUT2D eigenvalue weighted by Gasteiger charge is 2.32. The second-order valence-electron chi connectivity index (χ2n) is 7.27. The van der Waals surface area contributed by atoms with E-state index >= 15 is 0 Å². The Labute approximate surface area is 167 Å². The first-order chi connectivity index (χ1) is 13.7. The number of aryl methyl sites for hydroxylation is 1. The van der Waals surface area contributed by atoms with Gasteiger partial charge in [-0.1, -0.05) is 32.0 Å². The molecule has 0 spiro atoms. The average molecular weight is 401 g/mol. The molecule has 0 fully saturated rings. The summed E-state index contributed by atoms with van der Waals surface area (Å²) in [5.41, 5.74) is 2.18. The molecule has 7 heteroatoms. The summed E-state index contributed by atoms with van der Waals surface area (Å²) < 4.78 is 41.3. The summed E-state index contributed by atoms with van der Waals surface area (Å²) in [6, 6.07) is 10.2. The van der Waals surface area contributed by atoms with Gasteiger partial charge in [-0.15, -0.1) is 0 Å². The van der Waals surface area contributed by atoms with Crippen molar-refractivity contribution in [2.24, 2.45) is 5.92 Å². The Balaban J connectivity index is 2.08. The molecule has 0 aliphatic carbocycles. The van der Waals surface area contributed by atoms with Crippen LogP contribution in [0.15, 0.2) is 61.2 Å². The normalized spacial score (nSPS) is 12.8. The van der Waals surface area contributed by atoms with E-state index in [0.717, 1.165) is 28.9 Å². The zero-order valence-electron chi connectivity index (χ0n) is 16.4. The molecule has 1 amide bonds. The monoisotopic (exact) mass is 401 g/mol. The Morgan fingerprint density at radius 2 is 1.90 bits per heavy atom. The number of aromatic nitrogens is 2. The van der Waals surface area contributed by atoms with Gasteiger partial charge < -0.3 is 9.47 Å². The Bertz CT molecular complexity index is 981. The largest absolute Gasteiger partial charge is 0.416 e. The fourth-order valence-corrected chi connectivity index (χ4v) is 3.49. The number of hydrogen-bond acceptors (Lipinski definition) is 2. The maximum atomic E-state index is 13.2. The molecule has 0 saturated heterocycles. The van der Waals surface area contributed by atoms with Gasteiger partial charge in [0.2, 0.25) is 6.41 Å². The van der Waals surface area contributed by atoms with Crippen LogP contribution in [0.3, 0.4) is 0 Å². The predicted molar refractivity (Wildman–Crippen MR) is 106 cm³/mol. The fourth-order valence-electron chi connectivity index (χ4n) is 3.49. The molecule has 0 radical (unpaired) electrons. The first kappa shape index (κ1) is 20.6. The molecular weight excluding hydrogens is 379 g/mol. The van der Waals surface area contributed by atoms with Crippen molar-refractivity contribution in [2.75, 3.05) is 4.90 Å². The number of benzene rings is 2. The lowest BCUT2D eigenvalue weighted by atomic mass is 9.92. The minimum Gasteiger partial charge on any atom is -0.307 e. The van der Waals surface area contributed by atoms with Crippen LogP contribution in [0, 0.1) is 12.8 Å².